The van der Waals surface area contributed by atoms with E-state index in [-0.39, 0.29) is 11.5 Å². The maximum absolute atomic E-state index is 11.6. The van der Waals surface area contributed by atoms with Crippen LogP contribution in [0.4, 0.5) is 5.88 Å². The van der Waals surface area contributed by atoms with Gasteiger partial charge in [-0.1, -0.05) is 0 Å². The Morgan fingerprint density at radius 2 is 2.20 bits per heavy atom. The molecule has 0 atom stereocenters. The molecule has 15 heavy (non-hydrogen) atoms. The van der Waals surface area contributed by atoms with Gasteiger partial charge in [0.25, 0.3) is 0 Å². The summed E-state index contributed by atoms with van der Waals surface area (Å²) in [5.41, 5.74) is 0.402. The van der Waals surface area contributed by atoms with Gasteiger partial charge in [-0.05, 0) is 12.1 Å². The molecule has 6 nitrogen and oxygen atoms in total. The topological polar surface area (TPSA) is 89.1 Å². The van der Waals surface area contributed by atoms with E-state index in [2.05, 4.69) is 4.98 Å². The van der Waals surface area contributed by atoms with E-state index in [0.29, 0.717) is 5.56 Å². The summed E-state index contributed by atoms with van der Waals surface area (Å²) >= 11 is 0. The molecule has 0 aliphatic carbocycles. The average molecular weight is 206 g/mol. The lowest BCUT2D eigenvalue weighted by Crippen LogP contribution is -1.97. The van der Waals surface area contributed by atoms with Gasteiger partial charge in [0.05, 0.1) is 6.07 Å². The minimum Gasteiger partial charge on any atom is -0.397 e. The quantitative estimate of drug-likeness (QED) is 0.470. The number of hydrogen-bond acceptors (Lipinski definition) is 4. The second-order valence-electron chi connectivity index (χ2n) is 2.82. The van der Waals surface area contributed by atoms with Crippen LogP contribution in [0.25, 0.3) is 0 Å². The van der Waals surface area contributed by atoms with Crippen molar-refractivity contribution in [1.29, 1.82) is 0 Å². The second kappa shape index (κ2) is 3.41. The lowest BCUT2D eigenvalue weighted by atomic mass is 10.2. The van der Waals surface area contributed by atoms with Gasteiger partial charge in [-0.2, -0.15) is 0 Å². The first kappa shape index (κ1) is 9.20. The van der Waals surface area contributed by atoms with E-state index in [1.807, 2.05) is 0 Å². The van der Waals surface area contributed by atoms with Crippen molar-refractivity contribution < 1.29 is 14.1 Å². The van der Waals surface area contributed by atoms with Gasteiger partial charge in [-0.3, -0.25) is 14.9 Å². The van der Waals surface area contributed by atoms with Gasteiger partial charge in [-0.25, -0.2) is 0 Å². The number of nitrogens with zero attached hydrogens (tertiary/aromatic N) is 1. The van der Waals surface area contributed by atoms with Gasteiger partial charge in [-0.15, -0.1) is 0 Å². The van der Waals surface area contributed by atoms with Crippen molar-refractivity contribution in [3.8, 4) is 0 Å². The monoisotopic (exact) mass is 206 g/mol. The number of nitro groups is 1. The maximum atomic E-state index is 11.6. The van der Waals surface area contributed by atoms with E-state index in [9.17, 15) is 14.9 Å². The van der Waals surface area contributed by atoms with Crippen molar-refractivity contribution >= 4 is 11.7 Å². The molecule has 2 rings (SSSR count). The Hall–Kier alpha value is -2.37. The van der Waals surface area contributed by atoms with Gasteiger partial charge in [0, 0.05) is 18.0 Å². The standard InChI is InChI=1S/C9H6N2O4/c12-9(6-3-4-10-5-6)7-1-2-8(15-7)11(13)14/h1-5,10H. The third-order valence-corrected chi connectivity index (χ3v) is 1.86. The molecule has 0 bridgehead atoms. The predicted octanol–water partition coefficient (Wildman–Crippen LogP) is 1.75. The first-order valence-electron chi connectivity index (χ1n) is 4.10. The molecule has 2 heterocycles. The van der Waals surface area contributed by atoms with Gasteiger partial charge >= 0.3 is 5.88 Å². The number of aromatic nitrogens is 1. The highest BCUT2D eigenvalue weighted by Gasteiger charge is 2.18. The summed E-state index contributed by atoms with van der Waals surface area (Å²) in [6.07, 6.45) is 3.08. The highest BCUT2D eigenvalue weighted by Crippen LogP contribution is 2.18. The molecule has 0 aliphatic rings. The van der Waals surface area contributed by atoms with Crippen LogP contribution in [0.1, 0.15) is 16.1 Å². The minimum absolute atomic E-state index is 0.0405. The minimum atomic E-state index is -0.687. The van der Waals surface area contributed by atoms with Crippen LogP contribution in [0.15, 0.2) is 35.0 Å². The molecule has 1 N–H and O–H groups in total. The molecule has 0 aromatic carbocycles. The number of hydrogen-bond donors (Lipinski definition) is 1. The molecule has 0 aliphatic heterocycles. The molecule has 76 valence electrons. The molecule has 6 heteroatoms. The molecule has 0 unspecified atom stereocenters. The second-order valence-corrected chi connectivity index (χ2v) is 2.82. The Kier molecular flexibility index (Phi) is 2.09. The van der Waals surface area contributed by atoms with E-state index in [4.69, 9.17) is 4.42 Å². The predicted molar refractivity (Wildman–Crippen MR) is 49.6 cm³/mol. The average Bonchev–Trinajstić information content (AvgIpc) is 2.88. The smallest absolute Gasteiger partial charge is 0.397 e. The van der Waals surface area contributed by atoms with Crippen LogP contribution in [0, 0.1) is 10.1 Å². The van der Waals surface area contributed by atoms with E-state index in [1.54, 1.807) is 12.3 Å². The molecule has 0 amide bonds. The van der Waals surface area contributed by atoms with Crippen LogP contribution < -0.4 is 0 Å². The highest BCUT2D eigenvalue weighted by atomic mass is 16.6. The van der Waals surface area contributed by atoms with E-state index >= 15 is 0 Å². The Morgan fingerprint density at radius 3 is 2.73 bits per heavy atom. The van der Waals surface area contributed by atoms with Crippen molar-refractivity contribution in [3.05, 3.63) is 52.0 Å². The lowest BCUT2D eigenvalue weighted by molar-refractivity contribution is -0.402. The summed E-state index contributed by atoms with van der Waals surface area (Å²) < 4.78 is 4.77. The van der Waals surface area contributed by atoms with Gasteiger partial charge in [0.1, 0.15) is 4.92 Å². The number of rotatable bonds is 3. The fourth-order valence-electron chi connectivity index (χ4n) is 1.16. The normalized spacial score (nSPS) is 10.1. The van der Waals surface area contributed by atoms with E-state index < -0.39 is 10.8 Å². The molecule has 0 radical (unpaired) electrons. The molecule has 0 fully saturated rings. The van der Waals surface area contributed by atoms with Crippen molar-refractivity contribution in [2.45, 2.75) is 0 Å². The van der Waals surface area contributed by atoms with Crippen LogP contribution >= 0.6 is 0 Å². The third kappa shape index (κ3) is 1.64. The van der Waals surface area contributed by atoms with Crippen LogP contribution in [0.3, 0.4) is 0 Å². The molecule has 2 aromatic heterocycles. The highest BCUT2D eigenvalue weighted by molar-refractivity contribution is 6.07. The van der Waals surface area contributed by atoms with Crippen molar-refractivity contribution in [3.63, 3.8) is 0 Å². The number of aromatic amines is 1. The summed E-state index contributed by atoms with van der Waals surface area (Å²) in [7, 11) is 0. The Bertz CT molecular complexity index is 498. The molecular formula is C9H6N2O4. The zero-order valence-electron chi connectivity index (χ0n) is 7.47. The molecule has 0 spiro atoms. The van der Waals surface area contributed by atoms with E-state index in [1.165, 1.54) is 12.3 Å². The number of nitrogens with one attached hydrogen (secondary N) is 1. The number of furan rings is 1. The fourth-order valence-corrected chi connectivity index (χ4v) is 1.16. The van der Waals surface area contributed by atoms with Gasteiger partial charge in [0.2, 0.25) is 5.78 Å². The summed E-state index contributed by atoms with van der Waals surface area (Å²) in [6.45, 7) is 0. The number of carbonyl (C=O) groups is 1. The number of H-pyrrole nitrogens is 1. The van der Waals surface area contributed by atoms with Crippen LogP contribution in [-0.4, -0.2) is 15.7 Å². The molecular weight excluding hydrogens is 200 g/mol. The Balaban J connectivity index is 2.31. The zero-order chi connectivity index (χ0) is 10.8. The number of ketones is 1. The van der Waals surface area contributed by atoms with Gasteiger partial charge < -0.3 is 9.40 Å². The SMILES string of the molecule is O=C(c1cc[nH]c1)c1ccc([N+](=O)[O-])o1. The van der Waals surface area contributed by atoms with Crippen LogP contribution in [-0.2, 0) is 0 Å². The summed E-state index contributed by atoms with van der Waals surface area (Å²) in [5, 5.41) is 10.3. The van der Waals surface area contributed by atoms with Crippen molar-refractivity contribution in [2.75, 3.05) is 0 Å². The van der Waals surface area contributed by atoms with Crippen LogP contribution in [0.2, 0.25) is 0 Å². The van der Waals surface area contributed by atoms with Crippen molar-refractivity contribution in [2.24, 2.45) is 0 Å². The Morgan fingerprint density at radius 1 is 1.40 bits per heavy atom. The van der Waals surface area contributed by atoms with E-state index in [0.717, 1.165) is 6.07 Å². The lowest BCUT2D eigenvalue weighted by Gasteiger charge is -1.90. The zero-order valence-corrected chi connectivity index (χ0v) is 7.47. The molecule has 2 aromatic rings. The first-order valence-corrected chi connectivity index (χ1v) is 4.10. The number of carbonyl (C=O) groups excluding carboxylic acids is 1. The summed E-state index contributed by atoms with van der Waals surface area (Å²) in [5.74, 6) is -0.862. The summed E-state index contributed by atoms with van der Waals surface area (Å²) in [6, 6.07) is 4.00. The van der Waals surface area contributed by atoms with Gasteiger partial charge in [0.15, 0.2) is 5.76 Å². The molecule has 0 saturated heterocycles. The maximum Gasteiger partial charge on any atom is 0.433 e. The van der Waals surface area contributed by atoms with Crippen molar-refractivity contribution in [1.82, 2.24) is 4.98 Å². The third-order valence-electron chi connectivity index (χ3n) is 1.86. The fraction of sp³-hybridized carbons (Fsp3) is 0. The first-order chi connectivity index (χ1) is 7.18. The van der Waals surface area contributed by atoms with Crippen LogP contribution in [0.5, 0.6) is 0 Å². The Labute approximate surface area is 83.7 Å². The largest absolute Gasteiger partial charge is 0.433 e. The summed E-state index contributed by atoms with van der Waals surface area (Å²) in [4.78, 5) is 24.0. The molecule has 0 saturated carbocycles.